The number of carbonyl (C=O) groups is 1. The highest BCUT2D eigenvalue weighted by molar-refractivity contribution is 5.81. The number of hydrogen-bond donors (Lipinski definition) is 1. The molecule has 2 unspecified atom stereocenters. The van der Waals surface area contributed by atoms with E-state index >= 15 is 0 Å². The highest BCUT2D eigenvalue weighted by atomic mass is 16.3. The summed E-state index contributed by atoms with van der Waals surface area (Å²) in [6, 6.07) is 19.8. The molecule has 2 atom stereocenters. The number of rotatable bonds is 7. The van der Waals surface area contributed by atoms with E-state index in [0.717, 1.165) is 22.5 Å². The molecule has 1 amide bonds. The van der Waals surface area contributed by atoms with Crippen molar-refractivity contribution in [2.24, 2.45) is 0 Å². The minimum atomic E-state index is -1.06. The molecule has 5 heteroatoms. The number of amides is 1. The maximum absolute atomic E-state index is 12.6. The van der Waals surface area contributed by atoms with Gasteiger partial charge >= 0.3 is 0 Å². The lowest BCUT2D eigenvalue weighted by Gasteiger charge is -2.24. The van der Waals surface area contributed by atoms with Crippen LogP contribution in [0.3, 0.4) is 0 Å². The van der Waals surface area contributed by atoms with E-state index in [1.807, 2.05) is 85.4 Å². The molecule has 0 saturated carbocycles. The molecule has 2 aromatic carbocycles. The number of aryl methyl sites for hydroxylation is 1. The van der Waals surface area contributed by atoms with Gasteiger partial charge in [-0.3, -0.25) is 4.79 Å². The Morgan fingerprint density at radius 2 is 1.79 bits per heavy atom. The topological polar surface area (TPSA) is 58.4 Å². The van der Waals surface area contributed by atoms with Gasteiger partial charge in [0.15, 0.2) is 0 Å². The Balaban J connectivity index is 1.57. The Kier molecular flexibility index (Phi) is 6.26. The first kappa shape index (κ1) is 19.8. The molecule has 0 saturated heterocycles. The monoisotopic (exact) mass is 377 g/mol. The quantitative estimate of drug-likeness (QED) is 0.687. The van der Waals surface area contributed by atoms with Gasteiger partial charge in [0.25, 0.3) is 5.91 Å². The summed E-state index contributed by atoms with van der Waals surface area (Å²) in [5.41, 5.74) is 4.02. The molecule has 0 aliphatic rings. The van der Waals surface area contributed by atoms with E-state index in [2.05, 4.69) is 5.10 Å². The maximum atomic E-state index is 12.6. The number of aliphatic hydroxyl groups excluding tert-OH is 1. The highest BCUT2D eigenvalue weighted by Crippen LogP contribution is 2.21. The molecule has 0 fully saturated rings. The summed E-state index contributed by atoms with van der Waals surface area (Å²) in [7, 11) is 1.72. The Morgan fingerprint density at radius 3 is 2.46 bits per heavy atom. The lowest BCUT2D eigenvalue weighted by Crippen LogP contribution is -2.40. The van der Waals surface area contributed by atoms with Gasteiger partial charge in [0.2, 0.25) is 0 Å². The average Bonchev–Trinajstić information content (AvgIpc) is 3.20. The first-order chi connectivity index (χ1) is 13.5. The minimum absolute atomic E-state index is 0.257. The van der Waals surface area contributed by atoms with Gasteiger partial charge < -0.3 is 10.0 Å². The van der Waals surface area contributed by atoms with E-state index < -0.39 is 6.10 Å². The number of likely N-dealkylation sites (N-methyl/N-ethyl adjacent to an activating group) is 1. The van der Waals surface area contributed by atoms with Crippen LogP contribution in [0.25, 0.3) is 5.69 Å². The fourth-order valence-corrected chi connectivity index (χ4v) is 3.10. The van der Waals surface area contributed by atoms with Crippen molar-refractivity contribution in [1.29, 1.82) is 0 Å². The Morgan fingerprint density at radius 1 is 1.11 bits per heavy atom. The molecular formula is C23H27N3O2. The van der Waals surface area contributed by atoms with Gasteiger partial charge in [0.05, 0.1) is 11.4 Å². The molecule has 5 nitrogen and oxygen atoms in total. The number of carbonyl (C=O) groups excluding carboxylic acids is 1. The smallest absolute Gasteiger partial charge is 0.251 e. The zero-order valence-electron chi connectivity index (χ0n) is 16.6. The fraction of sp³-hybridized carbons (Fsp3) is 0.304. The van der Waals surface area contributed by atoms with Crippen molar-refractivity contribution in [2.75, 3.05) is 13.6 Å². The van der Waals surface area contributed by atoms with Crippen LogP contribution < -0.4 is 0 Å². The number of aromatic nitrogens is 2. The van der Waals surface area contributed by atoms with Crippen molar-refractivity contribution in [3.05, 3.63) is 83.7 Å². The molecule has 146 valence electrons. The highest BCUT2D eigenvalue weighted by Gasteiger charge is 2.26. The van der Waals surface area contributed by atoms with E-state index in [0.29, 0.717) is 13.0 Å². The van der Waals surface area contributed by atoms with Gasteiger partial charge in [-0.15, -0.1) is 0 Å². The van der Waals surface area contributed by atoms with Crippen molar-refractivity contribution in [2.45, 2.75) is 32.3 Å². The van der Waals surface area contributed by atoms with Crippen LogP contribution in [0.1, 0.15) is 29.7 Å². The summed E-state index contributed by atoms with van der Waals surface area (Å²) < 4.78 is 1.82. The van der Waals surface area contributed by atoms with Crippen LogP contribution in [0, 0.1) is 6.92 Å². The van der Waals surface area contributed by atoms with Crippen molar-refractivity contribution < 1.29 is 9.90 Å². The summed E-state index contributed by atoms with van der Waals surface area (Å²) in [5, 5.41) is 15.1. The molecule has 28 heavy (non-hydrogen) atoms. The normalized spacial score (nSPS) is 13.1. The molecule has 0 bridgehead atoms. The summed E-state index contributed by atoms with van der Waals surface area (Å²) >= 11 is 0. The largest absolute Gasteiger partial charge is 0.383 e. The molecule has 0 spiro atoms. The van der Waals surface area contributed by atoms with Crippen molar-refractivity contribution in [3.8, 4) is 5.69 Å². The van der Waals surface area contributed by atoms with E-state index in [9.17, 15) is 9.90 Å². The van der Waals surface area contributed by atoms with Crippen LogP contribution >= 0.6 is 0 Å². The van der Waals surface area contributed by atoms with Gasteiger partial charge in [-0.25, -0.2) is 4.68 Å². The summed E-state index contributed by atoms with van der Waals surface area (Å²) in [4.78, 5) is 14.2. The number of para-hydroxylation sites is 1. The van der Waals surface area contributed by atoms with Crippen LogP contribution in [0.15, 0.2) is 66.9 Å². The lowest BCUT2D eigenvalue weighted by atomic mass is 9.94. The average molecular weight is 377 g/mol. The Bertz CT molecular complexity index is 903. The van der Waals surface area contributed by atoms with E-state index in [-0.39, 0.29) is 11.8 Å². The van der Waals surface area contributed by atoms with Crippen LogP contribution in [-0.2, 0) is 11.2 Å². The third kappa shape index (κ3) is 4.67. The maximum Gasteiger partial charge on any atom is 0.251 e. The summed E-state index contributed by atoms with van der Waals surface area (Å²) in [6.07, 6.45) is 1.49. The van der Waals surface area contributed by atoms with Crippen molar-refractivity contribution in [3.63, 3.8) is 0 Å². The van der Waals surface area contributed by atoms with Crippen LogP contribution in [0.5, 0.6) is 0 Å². The summed E-state index contributed by atoms with van der Waals surface area (Å²) in [6.45, 7) is 4.40. The van der Waals surface area contributed by atoms with Gasteiger partial charge in [-0.2, -0.15) is 5.10 Å². The van der Waals surface area contributed by atoms with E-state index in [1.165, 1.54) is 0 Å². The van der Waals surface area contributed by atoms with Crippen LogP contribution in [0.4, 0.5) is 0 Å². The van der Waals surface area contributed by atoms with E-state index in [1.54, 1.807) is 11.9 Å². The molecular weight excluding hydrogens is 350 g/mol. The Hall–Kier alpha value is -2.92. The van der Waals surface area contributed by atoms with Crippen LogP contribution in [0.2, 0.25) is 0 Å². The van der Waals surface area contributed by atoms with Gasteiger partial charge in [-0.05, 0) is 30.7 Å². The zero-order valence-corrected chi connectivity index (χ0v) is 16.6. The van der Waals surface area contributed by atoms with Gasteiger partial charge in [0.1, 0.15) is 6.10 Å². The van der Waals surface area contributed by atoms with Crippen molar-refractivity contribution in [1.82, 2.24) is 14.7 Å². The molecule has 0 aliphatic carbocycles. The Labute approximate surface area is 166 Å². The van der Waals surface area contributed by atoms with Crippen molar-refractivity contribution >= 4 is 5.91 Å². The number of nitrogens with zero attached hydrogens (tertiary/aromatic N) is 3. The predicted octanol–water partition coefficient (Wildman–Crippen LogP) is 3.35. The molecule has 3 rings (SSSR count). The number of hydrogen-bond acceptors (Lipinski definition) is 3. The second-order valence-electron chi connectivity index (χ2n) is 7.24. The predicted molar refractivity (Wildman–Crippen MR) is 111 cm³/mol. The fourth-order valence-electron chi connectivity index (χ4n) is 3.10. The van der Waals surface area contributed by atoms with E-state index in [4.69, 9.17) is 0 Å². The van der Waals surface area contributed by atoms with Gasteiger partial charge in [-0.1, -0.05) is 55.0 Å². The second-order valence-corrected chi connectivity index (χ2v) is 7.24. The lowest BCUT2D eigenvalue weighted by molar-refractivity contribution is -0.139. The van der Waals surface area contributed by atoms with Crippen LogP contribution in [-0.4, -0.2) is 45.4 Å². The molecule has 3 aromatic rings. The SMILES string of the molecule is Cc1ccc(C(C)C(O)C(=O)N(C)CCc2ccn(-c3ccccc3)n2)cc1. The second kappa shape index (κ2) is 8.85. The zero-order chi connectivity index (χ0) is 20.1. The van der Waals surface area contributed by atoms with Gasteiger partial charge in [0, 0.05) is 32.1 Å². The summed E-state index contributed by atoms with van der Waals surface area (Å²) in [5.74, 6) is -0.525. The first-order valence-electron chi connectivity index (χ1n) is 9.55. The molecule has 0 radical (unpaired) electrons. The minimum Gasteiger partial charge on any atom is -0.383 e. The number of aliphatic hydroxyl groups is 1. The first-order valence-corrected chi connectivity index (χ1v) is 9.55. The third-order valence-electron chi connectivity index (χ3n) is 5.07. The standard InChI is InChI=1S/C23H27N3O2/c1-17-9-11-19(12-10-17)18(2)22(27)23(28)25(3)15-13-20-14-16-26(24-20)21-7-5-4-6-8-21/h4-12,14,16,18,22,27H,13,15H2,1-3H3. The molecule has 1 aromatic heterocycles. The molecule has 1 N–H and O–H groups in total. The molecule has 1 heterocycles. The molecule has 0 aliphatic heterocycles. The number of benzene rings is 2. The third-order valence-corrected chi connectivity index (χ3v) is 5.07.